The molecule has 6 nitrogen and oxygen atoms in total. The Hall–Kier alpha value is -2.44. The highest BCUT2D eigenvalue weighted by Gasteiger charge is 2.20. The van der Waals surface area contributed by atoms with Gasteiger partial charge in [-0.15, -0.1) is 11.6 Å². The predicted octanol–water partition coefficient (Wildman–Crippen LogP) is 5.42. The van der Waals surface area contributed by atoms with Crippen molar-refractivity contribution in [2.24, 2.45) is 5.73 Å². The fourth-order valence-electron chi connectivity index (χ4n) is 3.23. The molecule has 0 saturated heterocycles. The van der Waals surface area contributed by atoms with Gasteiger partial charge in [-0.1, -0.05) is 12.1 Å². The van der Waals surface area contributed by atoms with Gasteiger partial charge in [-0.05, 0) is 70.5 Å². The summed E-state index contributed by atoms with van der Waals surface area (Å²) in [4.78, 5) is 12.3. The number of alkyl halides is 1. The monoisotopic (exact) mass is 620 g/mol. The van der Waals surface area contributed by atoms with Crippen molar-refractivity contribution in [2.45, 2.75) is 12.8 Å². The lowest BCUT2D eigenvalue weighted by molar-refractivity contribution is 0.0997. The number of hydrogen-bond acceptors (Lipinski definition) is 4. The van der Waals surface area contributed by atoms with Crippen LogP contribution in [-0.2, 0) is 16.4 Å². The van der Waals surface area contributed by atoms with Gasteiger partial charge in [0.1, 0.15) is 23.1 Å². The van der Waals surface area contributed by atoms with E-state index in [2.05, 4.69) is 4.72 Å². The van der Waals surface area contributed by atoms with Gasteiger partial charge in [0.25, 0.3) is 5.91 Å². The molecular formula is C23H20ClF2IN2O4S. The summed E-state index contributed by atoms with van der Waals surface area (Å²) < 4.78 is 61.9. The molecule has 3 aromatic carbocycles. The molecule has 0 radical (unpaired) electrons. The van der Waals surface area contributed by atoms with E-state index in [9.17, 15) is 22.0 Å². The Morgan fingerprint density at radius 1 is 1.09 bits per heavy atom. The number of hydrogen-bond donors (Lipinski definition) is 2. The smallest absolute Gasteiger partial charge is 0.252 e. The minimum atomic E-state index is -3.62. The minimum Gasteiger partial charge on any atom is -0.456 e. The van der Waals surface area contributed by atoms with Crippen LogP contribution in [0.4, 0.5) is 14.5 Å². The molecule has 0 fully saturated rings. The van der Waals surface area contributed by atoms with Crippen LogP contribution in [0.1, 0.15) is 27.9 Å². The standard InChI is InChI=1S/C23H20ClF2IN2O4S/c24-7-2-8-34(31,32)29-18-3-1-4-19(13-18)33-21-11-16(25)10-15(22(21)23(28)30)9-14-5-6-17(27)12-20(14)26/h1,3-6,10-13,29H,2,7-9H2,(H2,28,30). The molecule has 0 atom stereocenters. The van der Waals surface area contributed by atoms with E-state index >= 15 is 0 Å². The first-order valence-electron chi connectivity index (χ1n) is 9.98. The van der Waals surface area contributed by atoms with E-state index in [1.54, 1.807) is 12.1 Å². The van der Waals surface area contributed by atoms with Gasteiger partial charge in [-0.3, -0.25) is 9.52 Å². The van der Waals surface area contributed by atoms with Crippen LogP contribution in [0.25, 0.3) is 0 Å². The first kappa shape index (κ1) is 26.2. The molecule has 0 aliphatic rings. The lowest BCUT2D eigenvalue weighted by Crippen LogP contribution is -2.17. The SMILES string of the molecule is NC(=O)c1c(Cc2ccc(I)cc2F)cc(F)cc1Oc1cccc(NS(=O)(=O)CCCCl)c1. The second kappa shape index (κ2) is 11.3. The second-order valence-electron chi connectivity index (χ2n) is 7.31. The highest BCUT2D eigenvalue weighted by atomic mass is 127. The summed E-state index contributed by atoms with van der Waals surface area (Å²) in [6.07, 6.45) is 0.192. The van der Waals surface area contributed by atoms with E-state index in [1.165, 1.54) is 30.3 Å². The molecule has 0 bridgehead atoms. The van der Waals surface area contributed by atoms with Crippen LogP contribution in [-0.4, -0.2) is 26.0 Å². The topological polar surface area (TPSA) is 98.5 Å². The van der Waals surface area contributed by atoms with Crippen molar-refractivity contribution in [1.29, 1.82) is 0 Å². The number of nitrogens with two attached hydrogens (primary N) is 1. The maximum absolute atomic E-state index is 14.4. The summed E-state index contributed by atoms with van der Waals surface area (Å²) in [5.41, 5.74) is 6.08. The Balaban J connectivity index is 1.94. The third-order valence-electron chi connectivity index (χ3n) is 4.67. The van der Waals surface area contributed by atoms with E-state index in [1.807, 2.05) is 22.6 Å². The van der Waals surface area contributed by atoms with Crippen LogP contribution in [0.5, 0.6) is 11.5 Å². The molecule has 0 heterocycles. The molecule has 11 heteroatoms. The highest BCUT2D eigenvalue weighted by molar-refractivity contribution is 14.1. The maximum Gasteiger partial charge on any atom is 0.252 e. The second-order valence-corrected chi connectivity index (χ2v) is 10.8. The summed E-state index contributed by atoms with van der Waals surface area (Å²) in [7, 11) is -3.62. The number of benzene rings is 3. The lowest BCUT2D eigenvalue weighted by Gasteiger charge is -2.15. The van der Waals surface area contributed by atoms with E-state index in [-0.39, 0.29) is 58.4 Å². The molecule has 3 aromatic rings. The molecule has 34 heavy (non-hydrogen) atoms. The molecule has 0 unspecified atom stereocenters. The van der Waals surface area contributed by atoms with Crippen molar-refractivity contribution in [3.8, 4) is 11.5 Å². The Kier molecular flexibility index (Phi) is 8.72. The van der Waals surface area contributed by atoms with Crippen LogP contribution >= 0.6 is 34.2 Å². The molecular weight excluding hydrogens is 601 g/mol. The van der Waals surface area contributed by atoms with Crippen molar-refractivity contribution in [3.63, 3.8) is 0 Å². The van der Waals surface area contributed by atoms with Gasteiger partial charge in [0.15, 0.2) is 0 Å². The number of anilines is 1. The maximum atomic E-state index is 14.4. The van der Waals surface area contributed by atoms with E-state index < -0.39 is 27.6 Å². The zero-order valence-electron chi connectivity index (χ0n) is 17.7. The van der Waals surface area contributed by atoms with Gasteiger partial charge in [0, 0.05) is 28.0 Å². The third-order valence-corrected chi connectivity index (χ3v) is 6.98. The molecule has 0 spiro atoms. The van der Waals surface area contributed by atoms with Gasteiger partial charge in [0.2, 0.25) is 10.0 Å². The first-order valence-corrected chi connectivity index (χ1v) is 13.2. The van der Waals surface area contributed by atoms with Crippen molar-refractivity contribution in [1.82, 2.24) is 0 Å². The van der Waals surface area contributed by atoms with Gasteiger partial charge in [0.05, 0.1) is 17.0 Å². The van der Waals surface area contributed by atoms with Crippen LogP contribution in [0.2, 0.25) is 0 Å². The van der Waals surface area contributed by atoms with Crippen LogP contribution in [0, 0.1) is 15.2 Å². The highest BCUT2D eigenvalue weighted by Crippen LogP contribution is 2.32. The summed E-state index contributed by atoms with van der Waals surface area (Å²) >= 11 is 7.52. The van der Waals surface area contributed by atoms with E-state index in [0.717, 1.165) is 12.1 Å². The van der Waals surface area contributed by atoms with E-state index in [4.69, 9.17) is 22.1 Å². The predicted molar refractivity (Wildman–Crippen MR) is 136 cm³/mol. The average Bonchev–Trinajstić information content (AvgIpc) is 2.73. The number of primary amides is 1. The number of nitrogens with one attached hydrogen (secondary N) is 1. The lowest BCUT2D eigenvalue weighted by atomic mass is 9.98. The van der Waals surface area contributed by atoms with Crippen LogP contribution in [0.15, 0.2) is 54.6 Å². The summed E-state index contributed by atoms with van der Waals surface area (Å²) in [6, 6.07) is 12.6. The summed E-state index contributed by atoms with van der Waals surface area (Å²) in [5.74, 6) is -2.08. The molecule has 0 aliphatic heterocycles. The average molecular weight is 621 g/mol. The number of sulfonamides is 1. The van der Waals surface area contributed by atoms with Crippen molar-refractivity contribution >= 4 is 55.8 Å². The van der Waals surface area contributed by atoms with Crippen molar-refractivity contribution in [2.75, 3.05) is 16.4 Å². The molecule has 1 amide bonds. The van der Waals surface area contributed by atoms with Gasteiger partial charge >= 0.3 is 0 Å². The fraction of sp³-hybridized carbons (Fsp3) is 0.174. The number of amides is 1. The van der Waals surface area contributed by atoms with Crippen LogP contribution < -0.4 is 15.2 Å². The minimum absolute atomic E-state index is 0.0877. The van der Waals surface area contributed by atoms with Crippen molar-refractivity contribution in [3.05, 3.63) is 86.5 Å². The summed E-state index contributed by atoms with van der Waals surface area (Å²) in [6.45, 7) is 0. The first-order chi connectivity index (χ1) is 16.1. The number of rotatable bonds is 10. The Labute approximate surface area is 214 Å². The zero-order valence-corrected chi connectivity index (χ0v) is 21.4. The molecule has 0 saturated carbocycles. The van der Waals surface area contributed by atoms with Gasteiger partial charge in [-0.2, -0.15) is 0 Å². The van der Waals surface area contributed by atoms with Gasteiger partial charge < -0.3 is 10.5 Å². The normalized spacial score (nSPS) is 11.3. The molecule has 3 rings (SSSR count). The Bertz CT molecular complexity index is 1320. The summed E-state index contributed by atoms with van der Waals surface area (Å²) in [5, 5.41) is 0. The molecule has 180 valence electrons. The Morgan fingerprint density at radius 2 is 1.85 bits per heavy atom. The quantitative estimate of drug-likeness (QED) is 0.234. The number of ether oxygens (including phenoxy) is 1. The molecule has 0 aromatic heterocycles. The van der Waals surface area contributed by atoms with Crippen LogP contribution in [0.3, 0.4) is 0 Å². The van der Waals surface area contributed by atoms with E-state index in [0.29, 0.717) is 3.57 Å². The number of halogens is 4. The van der Waals surface area contributed by atoms with Gasteiger partial charge in [-0.25, -0.2) is 17.2 Å². The Morgan fingerprint density at radius 3 is 2.53 bits per heavy atom. The molecule has 3 N–H and O–H groups in total. The third kappa shape index (κ3) is 7.03. The largest absolute Gasteiger partial charge is 0.456 e. The number of carbonyl (C=O) groups excluding carboxylic acids is 1. The number of carbonyl (C=O) groups is 1. The van der Waals surface area contributed by atoms with Crippen molar-refractivity contribution < 1.29 is 26.7 Å². The molecule has 0 aliphatic carbocycles. The fourth-order valence-corrected chi connectivity index (χ4v) is 5.09. The zero-order chi connectivity index (χ0) is 24.9.